The fourth-order valence-electron chi connectivity index (χ4n) is 1.72. The van der Waals surface area contributed by atoms with Gasteiger partial charge in [0.25, 0.3) is 5.56 Å². The van der Waals surface area contributed by atoms with Crippen LogP contribution in [0.15, 0.2) is 41.2 Å². The summed E-state index contributed by atoms with van der Waals surface area (Å²) in [5, 5.41) is 4.16. The minimum Gasteiger partial charge on any atom is -0.465 e. The summed E-state index contributed by atoms with van der Waals surface area (Å²) in [4.78, 5) is 28.2. The maximum atomic E-state index is 11.9. The molecule has 6 nitrogen and oxygen atoms in total. The lowest BCUT2D eigenvalue weighted by atomic mass is 10.2. The number of hydrogen-bond acceptors (Lipinski definition) is 6. The molecule has 1 aromatic carbocycles. The van der Waals surface area contributed by atoms with Gasteiger partial charge >= 0.3 is 5.97 Å². The Morgan fingerprint density at radius 2 is 2.05 bits per heavy atom. The molecule has 0 amide bonds. The SMILES string of the molecule is COC(=O)c1cc(=O)n2nc(-c3ccccc3)nc2s1. The molecule has 0 saturated heterocycles. The van der Waals surface area contributed by atoms with E-state index < -0.39 is 11.5 Å². The first-order valence-electron chi connectivity index (χ1n) is 5.73. The number of carbonyl (C=O) groups is 1. The van der Waals surface area contributed by atoms with Crippen LogP contribution in [-0.2, 0) is 4.74 Å². The normalized spacial score (nSPS) is 10.7. The van der Waals surface area contributed by atoms with E-state index in [4.69, 9.17) is 0 Å². The van der Waals surface area contributed by atoms with E-state index >= 15 is 0 Å². The van der Waals surface area contributed by atoms with E-state index in [2.05, 4.69) is 14.8 Å². The van der Waals surface area contributed by atoms with Crippen LogP contribution in [0.4, 0.5) is 0 Å². The number of esters is 1. The van der Waals surface area contributed by atoms with Gasteiger partial charge in [-0.25, -0.2) is 4.79 Å². The van der Waals surface area contributed by atoms with E-state index in [1.54, 1.807) is 0 Å². The van der Waals surface area contributed by atoms with Gasteiger partial charge in [0.1, 0.15) is 4.88 Å². The molecule has 2 heterocycles. The first-order chi connectivity index (χ1) is 9.69. The Kier molecular flexibility index (Phi) is 3.03. The van der Waals surface area contributed by atoms with E-state index in [1.165, 1.54) is 17.7 Å². The molecule has 0 aliphatic carbocycles. The Labute approximate surface area is 117 Å². The van der Waals surface area contributed by atoms with Crippen LogP contribution in [0, 0.1) is 0 Å². The molecule has 0 aliphatic heterocycles. The van der Waals surface area contributed by atoms with Gasteiger partial charge in [0, 0.05) is 11.6 Å². The van der Waals surface area contributed by atoms with Crippen molar-refractivity contribution in [3.8, 4) is 11.4 Å². The van der Waals surface area contributed by atoms with E-state index in [0.29, 0.717) is 10.8 Å². The molecule has 3 rings (SSSR count). The lowest BCUT2D eigenvalue weighted by molar-refractivity contribution is 0.0606. The second-order valence-corrected chi connectivity index (χ2v) is 4.95. The van der Waals surface area contributed by atoms with E-state index in [9.17, 15) is 9.59 Å². The highest BCUT2D eigenvalue weighted by atomic mass is 32.1. The van der Waals surface area contributed by atoms with Crippen LogP contribution in [0.2, 0.25) is 0 Å². The van der Waals surface area contributed by atoms with Crippen LogP contribution in [-0.4, -0.2) is 27.7 Å². The van der Waals surface area contributed by atoms with Gasteiger partial charge in [-0.05, 0) is 0 Å². The molecule has 7 heteroatoms. The first kappa shape index (κ1) is 12.5. The highest BCUT2D eigenvalue weighted by molar-refractivity contribution is 7.18. The van der Waals surface area contributed by atoms with Crippen LogP contribution in [0.1, 0.15) is 9.67 Å². The number of carbonyl (C=O) groups excluding carboxylic acids is 1. The third-order valence-electron chi connectivity index (χ3n) is 2.66. The van der Waals surface area contributed by atoms with Crippen molar-refractivity contribution in [2.24, 2.45) is 0 Å². The summed E-state index contributed by atoms with van der Waals surface area (Å²) < 4.78 is 5.79. The lowest BCUT2D eigenvalue weighted by Gasteiger charge is -1.96. The molecule has 0 unspecified atom stereocenters. The maximum Gasteiger partial charge on any atom is 0.348 e. The van der Waals surface area contributed by atoms with Crippen molar-refractivity contribution in [3.05, 3.63) is 51.6 Å². The van der Waals surface area contributed by atoms with Gasteiger partial charge in [-0.1, -0.05) is 41.7 Å². The standard InChI is InChI=1S/C13H9N3O3S/c1-19-12(18)9-7-10(17)16-13(20-9)14-11(15-16)8-5-3-2-4-6-8/h2-7H,1H3. The quantitative estimate of drug-likeness (QED) is 0.669. The number of benzene rings is 1. The molecule has 0 atom stereocenters. The summed E-state index contributed by atoms with van der Waals surface area (Å²) in [6.45, 7) is 0. The van der Waals surface area contributed by atoms with Crippen LogP contribution in [0.5, 0.6) is 0 Å². The van der Waals surface area contributed by atoms with Crippen LogP contribution >= 0.6 is 11.3 Å². The minimum atomic E-state index is -0.557. The highest BCUT2D eigenvalue weighted by Crippen LogP contribution is 2.18. The summed E-state index contributed by atoms with van der Waals surface area (Å²) >= 11 is 1.06. The maximum absolute atomic E-state index is 11.9. The van der Waals surface area contributed by atoms with Crippen molar-refractivity contribution >= 4 is 22.3 Å². The van der Waals surface area contributed by atoms with Crippen molar-refractivity contribution in [2.45, 2.75) is 0 Å². The molecule has 0 bridgehead atoms. The summed E-state index contributed by atoms with van der Waals surface area (Å²) in [7, 11) is 1.27. The second kappa shape index (κ2) is 4.86. The second-order valence-electron chi connectivity index (χ2n) is 3.94. The van der Waals surface area contributed by atoms with Gasteiger partial charge < -0.3 is 4.74 Å². The summed E-state index contributed by atoms with van der Waals surface area (Å²) in [5.41, 5.74) is 0.399. The van der Waals surface area contributed by atoms with Crippen LogP contribution in [0.25, 0.3) is 16.3 Å². The average Bonchev–Trinajstić information content (AvgIpc) is 2.92. The number of nitrogens with zero attached hydrogens (tertiary/aromatic N) is 3. The Balaban J connectivity index is 2.19. The lowest BCUT2D eigenvalue weighted by Crippen LogP contribution is -2.14. The van der Waals surface area contributed by atoms with Crippen molar-refractivity contribution < 1.29 is 9.53 Å². The summed E-state index contributed by atoms with van der Waals surface area (Å²) in [6, 6.07) is 10.5. The average molecular weight is 287 g/mol. The van der Waals surface area contributed by atoms with Crippen molar-refractivity contribution in [2.75, 3.05) is 7.11 Å². The molecule has 2 aromatic heterocycles. The van der Waals surface area contributed by atoms with Crippen molar-refractivity contribution in [1.82, 2.24) is 14.6 Å². The molecule has 100 valence electrons. The van der Waals surface area contributed by atoms with Gasteiger partial charge in [-0.2, -0.15) is 9.50 Å². The predicted octanol–water partition coefficient (Wildman–Crippen LogP) is 1.60. The van der Waals surface area contributed by atoms with E-state index in [-0.39, 0.29) is 4.88 Å². The van der Waals surface area contributed by atoms with Gasteiger partial charge in [0.05, 0.1) is 7.11 Å². The van der Waals surface area contributed by atoms with Crippen molar-refractivity contribution in [1.29, 1.82) is 0 Å². The Morgan fingerprint density at radius 3 is 2.75 bits per heavy atom. The topological polar surface area (TPSA) is 73.6 Å². The minimum absolute atomic E-state index is 0.206. The van der Waals surface area contributed by atoms with Gasteiger partial charge in [-0.15, -0.1) is 5.10 Å². The smallest absolute Gasteiger partial charge is 0.348 e. The molecule has 0 aliphatic rings. The predicted molar refractivity (Wildman–Crippen MR) is 73.9 cm³/mol. The molecule has 0 N–H and O–H groups in total. The van der Waals surface area contributed by atoms with Gasteiger partial charge in [0.2, 0.25) is 4.96 Å². The Bertz CT molecular complexity index is 839. The van der Waals surface area contributed by atoms with E-state index in [1.807, 2.05) is 30.3 Å². The Morgan fingerprint density at radius 1 is 1.30 bits per heavy atom. The molecule has 0 saturated carbocycles. The number of ether oxygens (including phenoxy) is 1. The highest BCUT2D eigenvalue weighted by Gasteiger charge is 2.14. The summed E-state index contributed by atoms with van der Waals surface area (Å²) in [5.74, 6) is -0.111. The molecule has 0 spiro atoms. The zero-order chi connectivity index (χ0) is 14.1. The van der Waals surface area contributed by atoms with Crippen LogP contribution in [0.3, 0.4) is 0 Å². The Hall–Kier alpha value is -2.54. The third-order valence-corrected chi connectivity index (χ3v) is 3.61. The monoisotopic (exact) mass is 287 g/mol. The number of aromatic nitrogens is 3. The first-order valence-corrected chi connectivity index (χ1v) is 6.55. The molecule has 3 aromatic rings. The molecule has 0 radical (unpaired) electrons. The number of rotatable bonds is 2. The van der Waals surface area contributed by atoms with Gasteiger partial charge in [-0.3, -0.25) is 4.79 Å². The summed E-state index contributed by atoms with van der Waals surface area (Å²) in [6.07, 6.45) is 0. The number of fused-ring (bicyclic) bond motifs is 1. The zero-order valence-corrected chi connectivity index (χ0v) is 11.3. The number of methoxy groups -OCH3 is 1. The molecular weight excluding hydrogens is 278 g/mol. The number of hydrogen-bond donors (Lipinski definition) is 0. The van der Waals surface area contributed by atoms with Gasteiger partial charge in [0.15, 0.2) is 5.82 Å². The van der Waals surface area contributed by atoms with Crippen molar-refractivity contribution in [3.63, 3.8) is 0 Å². The third kappa shape index (κ3) is 2.08. The fourth-order valence-corrected chi connectivity index (χ4v) is 2.59. The largest absolute Gasteiger partial charge is 0.465 e. The molecule has 0 fully saturated rings. The van der Waals surface area contributed by atoms with Crippen LogP contribution < -0.4 is 5.56 Å². The molecular formula is C13H9N3O3S. The zero-order valence-electron chi connectivity index (χ0n) is 10.4. The molecule has 20 heavy (non-hydrogen) atoms. The fraction of sp³-hybridized carbons (Fsp3) is 0.0769. The van der Waals surface area contributed by atoms with E-state index in [0.717, 1.165) is 16.9 Å².